The minimum absolute atomic E-state index is 0.00188. The molecule has 2 fully saturated rings. The molecule has 1 aromatic carbocycles. The number of halogens is 2. The zero-order valence-corrected chi connectivity index (χ0v) is 13.7. The number of morpholine rings is 1. The lowest BCUT2D eigenvalue weighted by Gasteiger charge is -2.47. The van der Waals surface area contributed by atoms with E-state index in [0.717, 1.165) is 44.7 Å². The van der Waals surface area contributed by atoms with Crippen molar-refractivity contribution in [2.45, 2.75) is 37.3 Å². The lowest BCUT2D eigenvalue weighted by Crippen LogP contribution is -2.57. The van der Waals surface area contributed by atoms with Crippen LogP contribution < -0.4 is 5.73 Å². The molecule has 0 radical (unpaired) electrons. The molecular weight excluding hydrogens is 307 g/mol. The fraction of sp³-hybridized carbons (Fsp3) is 0.625. The van der Waals surface area contributed by atoms with Crippen molar-refractivity contribution >= 4 is 23.2 Å². The van der Waals surface area contributed by atoms with Crippen LogP contribution in [0.15, 0.2) is 18.2 Å². The maximum Gasteiger partial charge on any atom is 0.0640 e. The molecule has 5 heteroatoms. The summed E-state index contributed by atoms with van der Waals surface area (Å²) in [4.78, 5) is 2.52. The van der Waals surface area contributed by atoms with Crippen LogP contribution in [0.2, 0.25) is 10.0 Å². The molecule has 116 valence electrons. The van der Waals surface area contributed by atoms with Gasteiger partial charge in [-0.15, -0.1) is 0 Å². The van der Waals surface area contributed by atoms with Crippen molar-refractivity contribution in [2.75, 3.05) is 26.3 Å². The monoisotopic (exact) mass is 328 g/mol. The van der Waals surface area contributed by atoms with Crippen molar-refractivity contribution in [3.05, 3.63) is 33.8 Å². The van der Waals surface area contributed by atoms with Gasteiger partial charge in [-0.25, -0.2) is 0 Å². The third-order valence-electron chi connectivity index (χ3n) is 5.01. The summed E-state index contributed by atoms with van der Waals surface area (Å²) in [5, 5.41) is 1.19. The van der Waals surface area contributed by atoms with E-state index < -0.39 is 0 Å². The average molecular weight is 329 g/mol. The van der Waals surface area contributed by atoms with Gasteiger partial charge in [-0.05, 0) is 24.5 Å². The average Bonchev–Trinajstić information content (AvgIpc) is 3.01. The van der Waals surface area contributed by atoms with Gasteiger partial charge in [0.1, 0.15) is 0 Å². The molecule has 0 amide bonds. The van der Waals surface area contributed by atoms with Crippen molar-refractivity contribution in [2.24, 2.45) is 5.73 Å². The van der Waals surface area contributed by atoms with Crippen LogP contribution in [0.4, 0.5) is 0 Å². The van der Waals surface area contributed by atoms with E-state index in [1.54, 1.807) is 0 Å². The van der Waals surface area contributed by atoms with Crippen LogP contribution in [0.5, 0.6) is 0 Å². The zero-order chi connectivity index (χ0) is 14.9. The Kier molecular flexibility index (Phi) is 4.77. The highest BCUT2D eigenvalue weighted by molar-refractivity contribution is 6.42. The molecule has 1 aliphatic carbocycles. The fourth-order valence-electron chi connectivity index (χ4n) is 3.87. The zero-order valence-electron chi connectivity index (χ0n) is 12.2. The minimum atomic E-state index is -0.107. The maximum absolute atomic E-state index is 6.71. The number of ether oxygens (including phenoxy) is 1. The molecular formula is C16H22Cl2N2O. The quantitative estimate of drug-likeness (QED) is 0.920. The molecule has 1 aromatic rings. The maximum atomic E-state index is 6.71. The van der Waals surface area contributed by atoms with Gasteiger partial charge in [-0.3, -0.25) is 4.90 Å². The Balaban J connectivity index is 1.94. The van der Waals surface area contributed by atoms with Gasteiger partial charge in [0.2, 0.25) is 0 Å². The molecule has 1 heterocycles. The SMILES string of the molecule is NC(c1cccc(Cl)c1Cl)C1(N2CCOCC2)CCCC1. The lowest BCUT2D eigenvalue weighted by atomic mass is 9.82. The number of hydrogen-bond acceptors (Lipinski definition) is 3. The van der Waals surface area contributed by atoms with Gasteiger partial charge < -0.3 is 10.5 Å². The topological polar surface area (TPSA) is 38.5 Å². The third-order valence-corrected chi connectivity index (χ3v) is 5.84. The lowest BCUT2D eigenvalue weighted by molar-refractivity contribution is -0.0311. The van der Waals surface area contributed by atoms with Crippen LogP contribution in [0.3, 0.4) is 0 Å². The molecule has 3 rings (SSSR count). The van der Waals surface area contributed by atoms with E-state index in [4.69, 9.17) is 33.7 Å². The summed E-state index contributed by atoms with van der Waals surface area (Å²) in [7, 11) is 0. The molecule has 1 saturated heterocycles. The highest BCUT2D eigenvalue weighted by atomic mass is 35.5. The normalized spacial score (nSPS) is 24.1. The summed E-state index contributed by atoms with van der Waals surface area (Å²) in [6.45, 7) is 3.48. The second-order valence-corrected chi connectivity index (χ2v) is 6.82. The molecule has 1 unspecified atom stereocenters. The predicted molar refractivity (Wildman–Crippen MR) is 87.0 cm³/mol. The van der Waals surface area contributed by atoms with E-state index in [-0.39, 0.29) is 11.6 Å². The van der Waals surface area contributed by atoms with Crippen LogP contribution in [0.25, 0.3) is 0 Å². The van der Waals surface area contributed by atoms with Crippen LogP contribution >= 0.6 is 23.2 Å². The highest BCUT2D eigenvalue weighted by Crippen LogP contribution is 2.45. The van der Waals surface area contributed by atoms with Gasteiger partial charge in [-0.1, -0.05) is 48.2 Å². The molecule has 2 aliphatic rings. The van der Waals surface area contributed by atoms with Crippen LogP contribution in [-0.2, 0) is 4.74 Å². The Morgan fingerprint density at radius 1 is 1.14 bits per heavy atom. The van der Waals surface area contributed by atoms with Gasteiger partial charge in [-0.2, -0.15) is 0 Å². The Hall–Kier alpha value is -0.320. The number of benzene rings is 1. The minimum Gasteiger partial charge on any atom is -0.379 e. The third kappa shape index (κ3) is 2.82. The van der Waals surface area contributed by atoms with Crippen LogP contribution in [0, 0.1) is 0 Å². The Morgan fingerprint density at radius 2 is 1.81 bits per heavy atom. The first-order chi connectivity index (χ1) is 10.1. The molecule has 21 heavy (non-hydrogen) atoms. The number of nitrogens with two attached hydrogens (primary N) is 1. The predicted octanol–water partition coefficient (Wildman–Crippen LogP) is 3.64. The first kappa shape index (κ1) is 15.6. The first-order valence-electron chi connectivity index (χ1n) is 7.67. The van der Waals surface area contributed by atoms with Gasteiger partial charge in [0.15, 0.2) is 0 Å². The second-order valence-electron chi connectivity index (χ2n) is 6.03. The Labute approximate surface area is 136 Å². The van der Waals surface area contributed by atoms with E-state index in [1.165, 1.54) is 12.8 Å². The van der Waals surface area contributed by atoms with E-state index in [9.17, 15) is 0 Å². The molecule has 1 atom stereocenters. The van der Waals surface area contributed by atoms with E-state index in [1.807, 2.05) is 18.2 Å². The largest absolute Gasteiger partial charge is 0.379 e. The summed E-state index contributed by atoms with van der Waals surface area (Å²) in [6.07, 6.45) is 4.69. The smallest absolute Gasteiger partial charge is 0.0640 e. The van der Waals surface area contributed by atoms with Crippen molar-refractivity contribution in [3.63, 3.8) is 0 Å². The summed E-state index contributed by atoms with van der Waals surface area (Å²) < 4.78 is 5.50. The van der Waals surface area contributed by atoms with E-state index in [0.29, 0.717) is 10.0 Å². The fourth-order valence-corrected chi connectivity index (χ4v) is 4.30. The molecule has 0 aromatic heterocycles. The second kappa shape index (κ2) is 6.43. The first-order valence-corrected chi connectivity index (χ1v) is 8.43. The standard InChI is InChI=1S/C16H22Cl2N2O/c17-13-5-3-4-12(14(13)18)15(19)16(6-1-2-7-16)20-8-10-21-11-9-20/h3-5,15H,1-2,6-11,19H2. The van der Waals surface area contributed by atoms with Crippen molar-refractivity contribution in [1.82, 2.24) is 4.90 Å². The van der Waals surface area contributed by atoms with Crippen molar-refractivity contribution in [3.8, 4) is 0 Å². The summed E-state index contributed by atoms with van der Waals surface area (Å²) in [6, 6.07) is 5.66. The van der Waals surface area contributed by atoms with Gasteiger partial charge in [0.05, 0.1) is 23.3 Å². The number of nitrogens with zero attached hydrogens (tertiary/aromatic N) is 1. The summed E-state index contributed by atoms with van der Waals surface area (Å²) in [5.41, 5.74) is 7.68. The molecule has 0 bridgehead atoms. The van der Waals surface area contributed by atoms with Crippen molar-refractivity contribution in [1.29, 1.82) is 0 Å². The Morgan fingerprint density at radius 3 is 2.48 bits per heavy atom. The van der Waals surface area contributed by atoms with Gasteiger partial charge >= 0.3 is 0 Å². The van der Waals surface area contributed by atoms with E-state index >= 15 is 0 Å². The number of rotatable bonds is 3. The molecule has 0 spiro atoms. The summed E-state index contributed by atoms with van der Waals surface area (Å²) >= 11 is 12.6. The van der Waals surface area contributed by atoms with Gasteiger partial charge in [0, 0.05) is 24.7 Å². The molecule has 1 aliphatic heterocycles. The van der Waals surface area contributed by atoms with Crippen LogP contribution in [0.1, 0.15) is 37.3 Å². The summed E-state index contributed by atoms with van der Waals surface area (Å²) in [5.74, 6) is 0. The van der Waals surface area contributed by atoms with Crippen molar-refractivity contribution < 1.29 is 4.74 Å². The molecule has 3 nitrogen and oxygen atoms in total. The molecule has 1 saturated carbocycles. The Bertz CT molecular complexity index is 497. The highest BCUT2D eigenvalue weighted by Gasteiger charge is 2.45. The van der Waals surface area contributed by atoms with Crippen LogP contribution in [-0.4, -0.2) is 36.7 Å². The number of hydrogen-bond donors (Lipinski definition) is 1. The van der Waals surface area contributed by atoms with Gasteiger partial charge in [0.25, 0.3) is 0 Å². The van der Waals surface area contributed by atoms with E-state index in [2.05, 4.69) is 4.90 Å². The molecule has 2 N–H and O–H groups in total.